The highest BCUT2D eigenvalue weighted by Crippen LogP contribution is 2.32. The maximum absolute atomic E-state index is 6.46. The lowest BCUT2D eigenvalue weighted by Gasteiger charge is -2.19. The van der Waals surface area contributed by atoms with E-state index in [0.29, 0.717) is 0 Å². The van der Waals surface area contributed by atoms with E-state index in [9.17, 15) is 0 Å². The predicted octanol–water partition coefficient (Wildman–Crippen LogP) is 3.92. The van der Waals surface area contributed by atoms with E-state index in [4.69, 9.17) is 10.5 Å². The molecule has 106 valence electrons. The Hall–Kier alpha value is -1.80. The number of nitrogens with two attached hydrogens (primary N) is 1. The third kappa shape index (κ3) is 2.86. The summed E-state index contributed by atoms with van der Waals surface area (Å²) in [7, 11) is 1.70. The van der Waals surface area contributed by atoms with E-state index in [1.54, 1.807) is 7.11 Å². The summed E-state index contributed by atoms with van der Waals surface area (Å²) in [6.07, 6.45) is 1.04. The molecular weight excluding hydrogens is 246 g/mol. The molecule has 2 nitrogen and oxygen atoms in total. The highest BCUT2D eigenvalue weighted by molar-refractivity contribution is 5.48. The molecule has 1 atom stereocenters. The third-order valence-corrected chi connectivity index (χ3v) is 3.77. The van der Waals surface area contributed by atoms with Crippen LogP contribution < -0.4 is 10.5 Å². The fourth-order valence-corrected chi connectivity index (χ4v) is 2.63. The summed E-state index contributed by atoms with van der Waals surface area (Å²) in [4.78, 5) is 0. The van der Waals surface area contributed by atoms with Crippen LogP contribution in [0.3, 0.4) is 0 Å². The second-order valence-corrected chi connectivity index (χ2v) is 5.27. The quantitative estimate of drug-likeness (QED) is 0.913. The Balaban J connectivity index is 2.44. The van der Waals surface area contributed by atoms with Crippen molar-refractivity contribution in [2.45, 2.75) is 33.2 Å². The van der Waals surface area contributed by atoms with E-state index in [0.717, 1.165) is 23.3 Å². The number of ether oxygens (including phenoxy) is 1. The van der Waals surface area contributed by atoms with Gasteiger partial charge < -0.3 is 10.5 Å². The molecule has 0 aromatic heterocycles. The summed E-state index contributed by atoms with van der Waals surface area (Å²) in [5, 5.41) is 0. The summed E-state index contributed by atoms with van der Waals surface area (Å²) < 4.78 is 5.51. The molecule has 0 aliphatic carbocycles. The second kappa shape index (κ2) is 6.10. The predicted molar refractivity (Wildman–Crippen MR) is 84.3 cm³/mol. The van der Waals surface area contributed by atoms with Crippen LogP contribution in [0.25, 0.3) is 0 Å². The van der Waals surface area contributed by atoms with Crippen molar-refractivity contribution in [1.82, 2.24) is 0 Å². The molecule has 2 aromatic rings. The van der Waals surface area contributed by atoms with E-state index in [-0.39, 0.29) is 6.04 Å². The molecule has 0 heterocycles. The average molecular weight is 269 g/mol. The molecule has 0 bridgehead atoms. The summed E-state index contributed by atoms with van der Waals surface area (Å²) in [6, 6.07) is 12.6. The van der Waals surface area contributed by atoms with Crippen LogP contribution in [0.2, 0.25) is 0 Å². The number of methoxy groups -OCH3 is 1. The van der Waals surface area contributed by atoms with Crippen molar-refractivity contribution in [3.05, 3.63) is 64.2 Å². The van der Waals surface area contributed by atoms with Gasteiger partial charge in [-0.05, 0) is 48.6 Å². The molecule has 0 aliphatic heterocycles. The van der Waals surface area contributed by atoms with Crippen LogP contribution in [-0.2, 0) is 6.42 Å². The van der Waals surface area contributed by atoms with Crippen molar-refractivity contribution in [1.29, 1.82) is 0 Å². The van der Waals surface area contributed by atoms with Gasteiger partial charge in [0.25, 0.3) is 0 Å². The first-order valence-electron chi connectivity index (χ1n) is 7.06. The molecule has 0 spiro atoms. The van der Waals surface area contributed by atoms with Gasteiger partial charge in [-0.3, -0.25) is 0 Å². The van der Waals surface area contributed by atoms with Gasteiger partial charge in [0.15, 0.2) is 0 Å². The van der Waals surface area contributed by atoms with Gasteiger partial charge in [0.05, 0.1) is 13.2 Å². The number of aryl methyl sites for hydroxylation is 3. The Labute approximate surface area is 121 Å². The van der Waals surface area contributed by atoms with E-state index in [1.807, 2.05) is 6.07 Å². The first kappa shape index (κ1) is 14.6. The largest absolute Gasteiger partial charge is 0.496 e. The van der Waals surface area contributed by atoms with Crippen molar-refractivity contribution >= 4 is 0 Å². The Bertz CT molecular complexity index is 587. The maximum Gasteiger partial charge on any atom is 0.124 e. The fraction of sp³-hybridized carbons (Fsp3) is 0.333. The van der Waals surface area contributed by atoms with Gasteiger partial charge in [0, 0.05) is 5.56 Å². The first-order chi connectivity index (χ1) is 9.56. The zero-order valence-electron chi connectivity index (χ0n) is 12.7. The standard InChI is InChI=1S/C18H23NO/c1-5-14-6-8-15(9-7-14)18(19)17-13(3)10-12(2)11-16(17)20-4/h6-11,18H,5,19H2,1-4H3. The first-order valence-corrected chi connectivity index (χ1v) is 7.06. The third-order valence-electron chi connectivity index (χ3n) is 3.77. The van der Waals surface area contributed by atoms with Crippen LogP contribution in [0, 0.1) is 13.8 Å². The van der Waals surface area contributed by atoms with E-state index >= 15 is 0 Å². The highest BCUT2D eigenvalue weighted by Gasteiger charge is 2.17. The van der Waals surface area contributed by atoms with Gasteiger partial charge in [-0.25, -0.2) is 0 Å². The number of rotatable bonds is 4. The molecular formula is C18H23NO. The van der Waals surface area contributed by atoms with Crippen molar-refractivity contribution in [3.63, 3.8) is 0 Å². The van der Waals surface area contributed by atoms with Crippen molar-refractivity contribution in [2.75, 3.05) is 7.11 Å². The van der Waals surface area contributed by atoms with Gasteiger partial charge in [-0.15, -0.1) is 0 Å². The number of hydrogen-bond acceptors (Lipinski definition) is 2. The van der Waals surface area contributed by atoms with Gasteiger partial charge in [0.1, 0.15) is 5.75 Å². The Morgan fingerprint density at radius 1 is 1.10 bits per heavy atom. The summed E-state index contributed by atoms with van der Waals surface area (Å²) in [6.45, 7) is 6.31. The van der Waals surface area contributed by atoms with Crippen LogP contribution in [0.4, 0.5) is 0 Å². The fourth-order valence-electron chi connectivity index (χ4n) is 2.63. The molecule has 2 N–H and O–H groups in total. The molecule has 20 heavy (non-hydrogen) atoms. The minimum Gasteiger partial charge on any atom is -0.496 e. The van der Waals surface area contributed by atoms with Crippen LogP contribution in [0.1, 0.15) is 40.8 Å². The highest BCUT2D eigenvalue weighted by atomic mass is 16.5. The van der Waals surface area contributed by atoms with E-state index < -0.39 is 0 Å². The van der Waals surface area contributed by atoms with Crippen molar-refractivity contribution in [2.24, 2.45) is 5.73 Å². The Morgan fingerprint density at radius 2 is 1.75 bits per heavy atom. The SMILES string of the molecule is CCc1ccc(C(N)c2c(C)cc(C)cc2OC)cc1. The minimum atomic E-state index is -0.156. The smallest absolute Gasteiger partial charge is 0.124 e. The van der Waals surface area contributed by atoms with E-state index in [1.165, 1.54) is 16.7 Å². The molecule has 0 aliphatic rings. The number of benzene rings is 2. The zero-order chi connectivity index (χ0) is 14.7. The molecule has 2 rings (SSSR count). The molecule has 0 radical (unpaired) electrons. The van der Waals surface area contributed by atoms with Crippen LogP contribution in [0.15, 0.2) is 36.4 Å². The molecule has 0 saturated heterocycles. The molecule has 1 unspecified atom stereocenters. The lowest BCUT2D eigenvalue weighted by molar-refractivity contribution is 0.407. The second-order valence-electron chi connectivity index (χ2n) is 5.27. The maximum atomic E-state index is 6.46. The lowest BCUT2D eigenvalue weighted by Crippen LogP contribution is -2.15. The van der Waals surface area contributed by atoms with Gasteiger partial charge >= 0.3 is 0 Å². The van der Waals surface area contributed by atoms with Crippen molar-refractivity contribution < 1.29 is 4.74 Å². The van der Waals surface area contributed by atoms with Crippen LogP contribution in [0.5, 0.6) is 5.75 Å². The Kier molecular flexibility index (Phi) is 4.46. The van der Waals surface area contributed by atoms with Crippen LogP contribution >= 0.6 is 0 Å². The molecule has 0 amide bonds. The van der Waals surface area contributed by atoms with E-state index in [2.05, 4.69) is 51.1 Å². The molecule has 0 saturated carbocycles. The molecule has 2 heteroatoms. The van der Waals surface area contributed by atoms with Gasteiger partial charge in [-0.1, -0.05) is 37.3 Å². The minimum absolute atomic E-state index is 0.156. The topological polar surface area (TPSA) is 35.2 Å². The number of hydrogen-bond donors (Lipinski definition) is 1. The summed E-state index contributed by atoms with van der Waals surface area (Å²) >= 11 is 0. The monoisotopic (exact) mass is 269 g/mol. The molecule has 2 aromatic carbocycles. The lowest BCUT2D eigenvalue weighted by atomic mass is 9.93. The summed E-state index contributed by atoms with van der Waals surface area (Å²) in [5.41, 5.74) is 12.3. The van der Waals surface area contributed by atoms with Crippen LogP contribution in [-0.4, -0.2) is 7.11 Å². The normalized spacial score (nSPS) is 12.2. The van der Waals surface area contributed by atoms with Gasteiger partial charge in [-0.2, -0.15) is 0 Å². The van der Waals surface area contributed by atoms with Gasteiger partial charge in [0.2, 0.25) is 0 Å². The average Bonchev–Trinajstić information content (AvgIpc) is 2.46. The van der Waals surface area contributed by atoms with Crippen molar-refractivity contribution in [3.8, 4) is 5.75 Å². The summed E-state index contributed by atoms with van der Waals surface area (Å²) in [5.74, 6) is 0.870. The Morgan fingerprint density at radius 3 is 2.30 bits per heavy atom. The molecule has 0 fully saturated rings. The zero-order valence-corrected chi connectivity index (χ0v) is 12.7.